The molecule has 0 saturated heterocycles. The van der Waals surface area contributed by atoms with E-state index >= 15 is 0 Å². The lowest BCUT2D eigenvalue weighted by Crippen LogP contribution is -2.17. The van der Waals surface area contributed by atoms with Gasteiger partial charge in [-0.25, -0.2) is 0 Å². The molecule has 2 atom stereocenters. The minimum atomic E-state index is -0.641. The summed E-state index contributed by atoms with van der Waals surface area (Å²) in [6.07, 6.45) is -0.0207. The van der Waals surface area contributed by atoms with E-state index in [9.17, 15) is 15.2 Å². The lowest BCUT2D eigenvalue weighted by Gasteiger charge is -2.17. The minimum absolute atomic E-state index is 0.0154. The number of rotatable bonds is 4. The van der Waals surface area contributed by atoms with E-state index in [1.807, 2.05) is 6.92 Å². The van der Waals surface area contributed by atoms with Crippen molar-refractivity contribution >= 4 is 5.69 Å². The van der Waals surface area contributed by atoms with Crippen LogP contribution in [0.2, 0.25) is 0 Å². The molecule has 5 heteroatoms. The van der Waals surface area contributed by atoms with Gasteiger partial charge in [-0.05, 0) is 26.3 Å². The smallest absolute Gasteiger partial charge is 0.291 e. The average molecular weight is 224 g/mol. The molecule has 1 heterocycles. The number of pyridine rings is 1. The fraction of sp³-hybridized carbons (Fsp3) is 0.545. The largest absolute Gasteiger partial charge is 0.393 e. The summed E-state index contributed by atoms with van der Waals surface area (Å²) >= 11 is 0. The van der Waals surface area contributed by atoms with E-state index < -0.39 is 11.0 Å². The maximum Gasteiger partial charge on any atom is 0.291 e. The summed E-state index contributed by atoms with van der Waals surface area (Å²) in [5.41, 5.74) is 1.08. The molecule has 1 aromatic rings. The molecule has 1 rings (SSSR count). The third kappa shape index (κ3) is 2.55. The predicted octanol–water partition coefficient (Wildman–Crippen LogP) is 2.17. The molecule has 0 fully saturated rings. The number of aromatic nitrogens is 1. The van der Waals surface area contributed by atoms with Crippen molar-refractivity contribution in [3.63, 3.8) is 0 Å². The SMILES string of the molecule is CCC(c1nc(C)ccc1[N+](=O)[O-])C(C)O. The summed E-state index contributed by atoms with van der Waals surface area (Å²) < 4.78 is 0. The highest BCUT2D eigenvalue weighted by molar-refractivity contribution is 5.39. The van der Waals surface area contributed by atoms with Gasteiger partial charge in [-0.15, -0.1) is 0 Å². The standard InChI is InChI=1S/C11H16N2O3/c1-4-9(8(3)14)11-10(13(15)16)6-5-7(2)12-11/h5-6,8-9,14H,4H2,1-3H3. The first kappa shape index (κ1) is 12.6. The van der Waals surface area contributed by atoms with Gasteiger partial charge >= 0.3 is 0 Å². The lowest BCUT2D eigenvalue weighted by atomic mass is 9.95. The first-order valence-corrected chi connectivity index (χ1v) is 5.27. The quantitative estimate of drug-likeness (QED) is 0.628. The van der Waals surface area contributed by atoms with Crippen LogP contribution in [0.1, 0.15) is 37.6 Å². The molecule has 88 valence electrons. The van der Waals surface area contributed by atoms with Crippen LogP contribution in [0.3, 0.4) is 0 Å². The second-order valence-electron chi connectivity index (χ2n) is 3.87. The molecule has 0 aliphatic carbocycles. The Balaban J connectivity index is 3.27. The van der Waals surface area contributed by atoms with E-state index in [4.69, 9.17) is 0 Å². The van der Waals surface area contributed by atoms with Crippen molar-refractivity contribution in [3.8, 4) is 0 Å². The molecule has 1 aromatic heterocycles. The van der Waals surface area contributed by atoms with Gasteiger partial charge in [0.2, 0.25) is 0 Å². The van der Waals surface area contributed by atoms with Gasteiger partial charge in [-0.3, -0.25) is 15.1 Å². The zero-order chi connectivity index (χ0) is 12.3. The van der Waals surface area contributed by atoms with Crippen LogP contribution in [-0.4, -0.2) is 21.1 Å². The topological polar surface area (TPSA) is 76.3 Å². The van der Waals surface area contributed by atoms with Gasteiger partial charge in [0.05, 0.1) is 11.0 Å². The Morgan fingerprint density at radius 2 is 2.19 bits per heavy atom. The molecule has 0 aliphatic heterocycles. The van der Waals surface area contributed by atoms with E-state index in [0.29, 0.717) is 12.1 Å². The Kier molecular flexibility index (Phi) is 3.95. The first-order valence-electron chi connectivity index (χ1n) is 5.27. The molecule has 0 amide bonds. The van der Waals surface area contributed by atoms with Crippen LogP contribution in [0.15, 0.2) is 12.1 Å². The summed E-state index contributed by atoms with van der Waals surface area (Å²) in [4.78, 5) is 14.6. The van der Waals surface area contributed by atoms with Crippen LogP contribution in [0.4, 0.5) is 5.69 Å². The number of aliphatic hydroxyl groups is 1. The zero-order valence-electron chi connectivity index (χ0n) is 9.67. The molecule has 0 bridgehead atoms. The number of aliphatic hydroxyl groups excluding tert-OH is 1. The van der Waals surface area contributed by atoms with Crippen LogP contribution in [-0.2, 0) is 0 Å². The molecule has 0 spiro atoms. The van der Waals surface area contributed by atoms with Crippen LogP contribution in [0, 0.1) is 17.0 Å². The maximum atomic E-state index is 10.9. The van der Waals surface area contributed by atoms with Crippen molar-refractivity contribution in [2.24, 2.45) is 0 Å². The van der Waals surface area contributed by atoms with E-state index in [1.54, 1.807) is 19.9 Å². The van der Waals surface area contributed by atoms with Crippen molar-refractivity contribution in [1.82, 2.24) is 4.98 Å². The summed E-state index contributed by atoms with van der Waals surface area (Å²) in [6, 6.07) is 3.05. The average Bonchev–Trinajstić information content (AvgIpc) is 2.17. The number of aryl methyl sites for hydroxylation is 1. The van der Waals surface area contributed by atoms with E-state index in [0.717, 1.165) is 5.69 Å². The Hall–Kier alpha value is -1.49. The molecular weight excluding hydrogens is 208 g/mol. The van der Waals surface area contributed by atoms with Gasteiger partial charge in [0.1, 0.15) is 5.69 Å². The predicted molar refractivity (Wildman–Crippen MR) is 60.3 cm³/mol. The normalized spacial score (nSPS) is 14.5. The van der Waals surface area contributed by atoms with Crippen LogP contribution >= 0.6 is 0 Å². The summed E-state index contributed by atoms with van der Waals surface area (Å²) in [5, 5.41) is 20.5. The second kappa shape index (κ2) is 5.03. The van der Waals surface area contributed by atoms with Gasteiger partial charge in [-0.2, -0.15) is 0 Å². The van der Waals surface area contributed by atoms with Crippen molar-refractivity contribution in [2.45, 2.75) is 39.2 Å². The number of hydrogen-bond acceptors (Lipinski definition) is 4. The lowest BCUT2D eigenvalue weighted by molar-refractivity contribution is -0.386. The monoisotopic (exact) mass is 224 g/mol. The minimum Gasteiger partial charge on any atom is -0.393 e. The van der Waals surface area contributed by atoms with Crippen molar-refractivity contribution < 1.29 is 10.0 Å². The molecule has 0 aromatic carbocycles. The first-order chi connectivity index (χ1) is 7.47. The zero-order valence-corrected chi connectivity index (χ0v) is 9.67. The fourth-order valence-electron chi connectivity index (χ4n) is 1.76. The van der Waals surface area contributed by atoms with Gasteiger partial charge in [0.25, 0.3) is 5.69 Å². The Morgan fingerprint density at radius 3 is 2.62 bits per heavy atom. The second-order valence-corrected chi connectivity index (χ2v) is 3.87. The van der Waals surface area contributed by atoms with Crippen LogP contribution in [0.5, 0.6) is 0 Å². The third-order valence-electron chi connectivity index (χ3n) is 2.61. The number of hydrogen-bond donors (Lipinski definition) is 1. The van der Waals surface area contributed by atoms with E-state index in [2.05, 4.69) is 4.98 Å². The Labute approximate surface area is 94.3 Å². The highest BCUT2D eigenvalue weighted by Gasteiger charge is 2.26. The van der Waals surface area contributed by atoms with E-state index in [-0.39, 0.29) is 11.6 Å². The number of nitrogens with zero attached hydrogens (tertiary/aromatic N) is 2. The Morgan fingerprint density at radius 1 is 1.56 bits per heavy atom. The molecule has 1 N–H and O–H groups in total. The van der Waals surface area contributed by atoms with Crippen LogP contribution < -0.4 is 0 Å². The van der Waals surface area contributed by atoms with Gasteiger partial charge in [0.15, 0.2) is 0 Å². The van der Waals surface area contributed by atoms with Crippen molar-refractivity contribution in [2.75, 3.05) is 0 Å². The highest BCUT2D eigenvalue weighted by atomic mass is 16.6. The summed E-state index contributed by atoms with van der Waals surface area (Å²) in [6.45, 7) is 5.29. The molecule has 0 radical (unpaired) electrons. The molecular formula is C11H16N2O3. The fourth-order valence-corrected chi connectivity index (χ4v) is 1.76. The molecule has 0 aliphatic rings. The summed E-state index contributed by atoms with van der Waals surface area (Å²) in [7, 11) is 0. The highest BCUT2D eigenvalue weighted by Crippen LogP contribution is 2.29. The van der Waals surface area contributed by atoms with Gasteiger partial charge < -0.3 is 5.11 Å². The molecule has 5 nitrogen and oxygen atoms in total. The summed E-state index contributed by atoms with van der Waals surface area (Å²) in [5.74, 6) is -0.291. The molecule has 0 saturated carbocycles. The Bertz CT molecular complexity index is 391. The van der Waals surface area contributed by atoms with Crippen LogP contribution in [0.25, 0.3) is 0 Å². The maximum absolute atomic E-state index is 10.9. The van der Waals surface area contributed by atoms with Crippen molar-refractivity contribution in [3.05, 3.63) is 33.6 Å². The van der Waals surface area contributed by atoms with Crippen molar-refractivity contribution in [1.29, 1.82) is 0 Å². The molecule has 2 unspecified atom stereocenters. The number of nitro groups is 1. The third-order valence-corrected chi connectivity index (χ3v) is 2.61. The van der Waals surface area contributed by atoms with E-state index in [1.165, 1.54) is 6.07 Å². The molecule has 16 heavy (non-hydrogen) atoms. The van der Waals surface area contributed by atoms with Gasteiger partial charge in [0, 0.05) is 17.7 Å². The van der Waals surface area contributed by atoms with Gasteiger partial charge in [-0.1, -0.05) is 6.92 Å².